The number of carbonyl (C=O) groups excluding carboxylic acids is 2. The lowest BCUT2D eigenvalue weighted by Crippen LogP contribution is -2.35. The minimum atomic E-state index is -3.66. The standard InChI is InChI=1S/C25H28N2O7S/c1-34-15-14-27-22(18-6-5-7-19(28)16-18)21(24(30)25(27)31)23(29)17-8-10-20(11-9-17)35(32,33)26-12-3-2-4-13-26/h5-11,16,22,28-29H,2-4,12-15H2,1H3/t22-/m1/s1. The van der Waals surface area contributed by atoms with Crippen LogP contribution in [0, 0.1) is 0 Å². The van der Waals surface area contributed by atoms with Crippen molar-refractivity contribution in [2.75, 3.05) is 33.4 Å². The molecule has 0 aromatic heterocycles. The first-order valence-corrected chi connectivity index (χ1v) is 12.9. The predicted octanol–water partition coefficient (Wildman–Crippen LogP) is 2.63. The molecule has 9 nitrogen and oxygen atoms in total. The molecule has 0 bridgehead atoms. The van der Waals surface area contributed by atoms with Gasteiger partial charge in [0.2, 0.25) is 10.0 Å². The third kappa shape index (κ3) is 4.82. The van der Waals surface area contributed by atoms with Crippen molar-refractivity contribution < 1.29 is 33.0 Å². The van der Waals surface area contributed by atoms with Crippen LogP contribution in [0.3, 0.4) is 0 Å². The van der Waals surface area contributed by atoms with Gasteiger partial charge in [-0.25, -0.2) is 8.42 Å². The highest BCUT2D eigenvalue weighted by Crippen LogP contribution is 2.40. The van der Waals surface area contributed by atoms with Gasteiger partial charge in [-0.1, -0.05) is 18.6 Å². The Balaban J connectivity index is 1.74. The van der Waals surface area contributed by atoms with Gasteiger partial charge >= 0.3 is 0 Å². The van der Waals surface area contributed by atoms with Gasteiger partial charge in [0.25, 0.3) is 11.7 Å². The summed E-state index contributed by atoms with van der Waals surface area (Å²) in [4.78, 5) is 27.2. The molecule has 0 aliphatic carbocycles. The molecular weight excluding hydrogens is 472 g/mol. The molecule has 2 aromatic carbocycles. The van der Waals surface area contributed by atoms with E-state index >= 15 is 0 Å². The largest absolute Gasteiger partial charge is 0.508 e. The molecule has 0 radical (unpaired) electrons. The summed E-state index contributed by atoms with van der Waals surface area (Å²) >= 11 is 0. The van der Waals surface area contributed by atoms with E-state index in [-0.39, 0.29) is 34.9 Å². The number of hydrogen-bond acceptors (Lipinski definition) is 7. The molecule has 0 spiro atoms. The second-order valence-electron chi connectivity index (χ2n) is 8.57. The maximum Gasteiger partial charge on any atom is 0.295 e. The van der Waals surface area contributed by atoms with E-state index in [4.69, 9.17) is 4.74 Å². The average Bonchev–Trinajstić information content (AvgIpc) is 3.12. The molecule has 2 heterocycles. The smallest absolute Gasteiger partial charge is 0.295 e. The Morgan fingerprint density at radius 1 is 1.06 bits per heavy atom. The number of piperidine rings is 1. The lowest BCUT2D eigenvalue weighted by molar-refractivity contribution is -0.140. The summed E-state index contributed by atoms with van der Waals surface area (Å²) in [6, 6.07) is 10.8. The van der Waals surface area contributed by atoms with Crippen LogP contribution < -0.4 is 0 Å². The van der Waals surface area contributed by atoms with Crippen molar-refractivity contribution in [3.63, 3.8) is 0 Å². The number of methoxy groups -OCH3 is 1. The molecular formula is C25H28N2O7S. The number of rotatable bonds is 7. The Morgan fingerprint density at radius 2 is 1.74 bits per heavy atom. The molecule has 0 saturated carbocycles. The molecule has 186 valence electrons. The Bertz CT molecular complexity index is 1250. The summed E-state index contributed by atoms with van der Waals surface area (Å²) in [6.45, 7) is 1.22. The van der Waals surface area contributed by atoms with E-state index in [1.807, 2.05) is 0 Å². The highest BCUT2D eigenvalue weighted by molar-refractivity contribution is 7.89. The van der Waals surface area contributed by atoms with Crippen molar-refractivity contribution in [2.24, 2.45) is 0 Å². The fourth-order valence-electron chi connectivity index (χ4n) is 4.54. The van der Waals surface area contributed by atoms with Gasteiger partial charge in [0, 0.05) is 32.3 Å². The van der Waals surface area contributed by atoms with Crippen molar-refractivity contribution in [3.8, 4) is 5.75 Å². The highest BCUT2D eigenvalue weighted by Gasteiger charge is 2.46. The number of benzene rings is 2. The SMILES string of the molecule is COCCN1C(=O)C(=O)C(=C(O)c2ccc(S(=O)(=O)N3CCCCC3)cc2)[C@H]1c1cccc(O)c1. The van der Waals surface area contributed by atoms with Gasteiger partial charge < -0.3 is 19.8 Å². The van der Waals surface area contributed by atoms with Crippen LogP contribution in [0.5, 0.6) is 5.75 Å². The fraction of sp³-hybridized carbons (Fsp3) is 0.360. The van der Waals surface area contributed by atoms with Crippen LogP contribution in [0.25, 0.3) is 5.76 Å². The Kier molecular flexibility index (Phi) is 7.25. The Labute approximate surface area is 204 Å². The zero-order valence-corrected chi connectivity index (χ0v) is 20.2. The number of aromatic hydroxyl groups is 1. The van der Waals surface area contributed by atoms with Crippen LogP contribution in [0.1, 0.15) is 36.4 Å². The number of ketones is 1. The molecule has 4 rings (SSSR count). The number of likely N-dealkylation sites (tertiary alicyclic amines) is 1. The molecule has 2 aromatic rings. The van der Waals surface area contributed by atoms with Gasteiger partial charge in [-0.2, -0.15) is 4.31 Å². The molecule has 35 heavy (non-hydrogen) atoms. The second-order valence-corrected chi connectivity index (χ2v) is 10.5. The molecule has 2 fully saturated rings. The maximum absolute atomic E-state index is 13.0. The molecule has 1 atom stereocenters. The van der Waals surface area contributed by atoms with Crippen molar-refractivity contribution in [1.29, 1.82) is 0 Å². The number of amides is 1. The number of Topliss-reactive ketones (excluding diaryl/α,β-unsaturated/α-hetero) is 1. The van der Waals surface area contributed by atoms with Crippen molar-refractivity contribution in [1.82, 2.24) is 9.21 Å². The van der Waals surface area contributed by atoms with Crippen molar-refractivity contribution in [2.45, 2.75) is 30.2 Å². The number of aliphatic hydroxyl groups excluding tert-OH is 1. The normalized spacial score (nSPS) is 20.9. The molecule has 2 N–H and O–H groups in total. The molecule has 2 aliphatic rings. The predicted molar refractivity (Wildman–Crippen MR) is 128 cm³/mol. The number of hydrogen-bond donors (Lipinski definition) is 2. The molecule has 2 saturated heterocycles. The van der Waals surface area contributed by atoms with Gasteiger partial charge in [-0.05, 0) is 54.8 Å². The van der Waals surface area contributed by atoms with Crippen LogP contribution in [0.4, 0.5) is 0 Å². The number of carbonyl (C=O) groups is 2. The minimum absolute atomic E-state index is 0.0490. The number of phenols is 1. The zero-order valence-electron chi connectivity index (χ0n) is 19.4. The van der Waals surface area contributed by atoms with E-state index < -0.39 is 33.5 Å². The molecule has 1 amide bonds. The molecule has 0 unspecified atom stereocenters. The summed E-state index contributed by atoms with van der Waals surface area (Å²) in [5.74, 6) is -2.12. The summed E-state index contributed by atoms with van der Waals surface area (Å²) in [7, 11) is -2.18. The fourth-order valence-corrected chi connectivity index (χ4v) is 6.05. The van der Waals surface area contributed by atoms with Crippen LogP contribution in [0.2, 0.25) is 0 Å². The van der Waals surface area contributed by atoms with Crippen LogP contribution >= 0.6 is 0 Å². The summed E-state index contributed by atoms with van der Waals surface area (Å²) in [5, 5.41) is 21.1. The van der Waals surface area contributed by atoms with Gasteiger partial charge in [0.15, 0.2) is 0 Å². The Morgan fingerprint density at radius 3 is 2.37 bits per heavy atom. The third-order valence-corrected chi connectivity index (χ3v) is 8.26. The van der Waals surface area contributed by atoms with E-state index in [2.05, 4.69) is 0 Å². The second kappa shape index (κ2) is 10.2. The van der Waals surface area contributed by atoms with Crippen LogP contribution in [-0.2, 0) is 24.3 Å². The van der Waals surface area contributed by atoms with E-state index in [1.54, 1.807) is 12.1 Å². The van der Waals surface area contributed by atoms with E-state index in [9.17, 15) is 28.2 Å². The van der Waals surface area contributed by atoms with Crippen LogP contribution in [0.15, 0.2) is 59.0 Å². The average molecular weight is 501 g/mol. The number of nitrogens with zero attached hydrogens (tertiary/aromatic N) is 2. The zero-order chi connectivity index (χ0) is 25.2. The molecule has 2 aliphatic heterocycles. The van der Waals surface area contributed by atoms with Crippen molar-refractivity contribution >= 4 is 27.5 Å². The summed E-state index contributed by atoms with van der Waals surface area (Å²) < 4.78 is 32.4. The van der Waals surface area contributed by atoms with Gasteiger partial charge in [-0.15, -0.1) is 0 Å². The lowest BCUT2D eigenvalue weighted by atomic mass is 9.95. The monoisotopic (exact) mass is 500 g/mol. The number of ether oxygens (including phenoxy) is 1. The van der Waals surface area contributed by atoms with Gasteiger partial charge in [0.1, 0.15) is 11.5 Å². The Hall–Kier alpha value is -3.21. The first-order chi connectivity index (χ1) is 16.8. The van der Waals surface area contributed by atoms with E-state index in [0.717, 1.165) is 19.3 Å². The number of aliphatic hydroxyl groups is 1. The van der Waals surface area contributed by atoms with E-state index in [0.29, 0.717) is 18.7 Å². The first-order valence-electron chi connectivity index (χ1n) is 11.4. The maximum atomic E-state index is 13.0. The molecule has 10 heteroatoms. The van der Waals surface area contributed by atoms with E-state index in [1.165, 1.54) is 52.7 Å². The first kappa shape index (κ1) is 24.9. The minimum Gasteiger partial charge on any atom is -0.508 e. The number of phenolic OH excluding ortho intramolecular Hbond substituents is 1. The highest BCUT2D eigenvalue weighted by atomic mass is 32.2. The van der Waals surface area contributed by atoms with Crippen molar-refractivity contribution in [3.05, 3.63) is 65.2 Å². The quantitative estimate of drug-likeness (QED) is 0.340. The van der Waals surface area contributed by atoms with Gasteiger partial charge in [-0.3, -0.25) is 9.59 Å². The topological polar surface area (TPSA) is 124 Å². The third-order valence-electron chi connectivity index (χ3n) is 6.34. The number of sulfonamides is 1. The van der Waals surface area contributed by atoms with Gasteiger partial charge in [0.05, 0.1) is 23.1 Å². The summed E-state index contributed by atoms with van der Waals surface area (Å²) in [5.41, 5.74) is 0.520. The lowest BCUT2D eigenvalue weighted by Gasteiger charge is -2.26. The van der Waals surface area contributed by atoms with Crippen LogP contribution in [-0.4, -0.2) is 72.9 Å². The summed E-state index contributed by atoms with van der Waals surface area (Å²) in [6.07, 6.45) is 2.63.